The Bertz CT molecular complexity index is 554. The highest BCUT2D eigenvalue weighted by Crippen LogP contribution is 2.26. The van der Waals surface area contributed by atoms with Crippen LogP contribution < -0.4 is 5.32 Å². The van der Waals surface area contributed by atoms with E-state index in [1.807, 2.05) is 6.92 Å². The normalized spacial score (nSPS) is 19.2. The van der Waals surface area contributed by atoms with Crippen LogP contribution in [0.5, 0.6) is 0 Å². The molecule has 5 heteroatoms. The van der Waals surface area contributed by atoms with Crippen LogP contribution in [0, 0.1) is 5.82 Å². The van der Waals surface area contributed by atoms with E-state index in [9.17, 15) is 14.0 Å². The van der Waals surface area contributed by atoms with Gasteiger partial charge in [0.2, 0.25) is 11.8 Å². The monoisotopic (exact) mass is 277 g/mol. The lowest BCUT2D eigenvalue weighted by molar-refractivity contribution is -0.134. The van der Waals surface area contributed by atoms with Gasteiger partial charge in [0.05, 0.1) is 18.8 Å². The van der Waals surface area contributed by atoms with E-state index in [0.717, 1.165) is 0 Å². The summed E-state index contributed by atoms with van der Waals surface area (Å²) in [7, 11) is 0. The van der Waals surface area contributed by atoms with Crippen molar-refractivity contribution in [1.29, 1.82) is 0 Å². The van der Waals surface area contributed by atoms with Crippen LogP contribution in [0.4, 0.5) is 4.39 Å². The molecule has 0 radical (unpaired) electrons. The second kappa shape index (κ2) is 6.32. The maximum atomic E-state index is 13.9. The van der Waals surface area contributed by atoms with Gasteiger partial charge in [-0.2, -0.15) is 0 Å². The number of ether oxygens (including phenoxy) is 1. The first kappa shape index (κ1) is 14.2. The van der Waals surface area contributed by atoms with Crippen LogP contribution in [0.2, 0.25) is 0 Å². The third-order valence-electron chi connectivity index (χ3n) is 3.18. The minimum Gasteiger partial charge on any atom is -0.501 e. The van der Waals surface area contributed by atoms with E-state index in [1.54, 1.807) is 12.1 Å². The van der Waals surface area contributed by atoms with Crippen molar-refractivity contribution in [2.75, 3.05) is 6.61 Å². The smallest absolute Gasteiger partial charge is 0.234 e. The zero-order valence-corrected chi connectivity index (χ0v) is 11.2. The van der Waals surface area contributed by atoms with E-state index in [2.05, 4.69) is 5.32 Å². The molecule has 0 spiro atoms. The number of nitrogens with one attached hydrogen (secondary N) is 1. The first-order chi connectivity index (χ1) is 9.61. The minimum absolute atomic E-state index is 0.275. The number of hydrogen-bond donors (Lipinski definition) is 1. The van der Waals surface area contributed by atoms with Gasteiger partial charge in [0, 0.05) is 12.0 Å². The Hall–Kier alpha value is -2.17. The van der Waals surface area contributed by atoms with Crippen LogP contribution in [-0.2, 0) is 14.3 Å². The first-order valence-corrected chi connectivity index (χ1v) is 6.53. The molecule has 1 unspecified atom stereocenters. The number of hydrogen-bond acceptors (Lipinski definition) is 3. The standard InChI is InChI=1S/C15H16FNO3/c1-2-20-8-7-10-3-4-11(9-13(10)16)12-5-6-14(18)17-15(12)19/h3-4,7-9,12H,2,5-6H2,1H3,(H,17,18,19)/b8-7+. The fraction of sp³-hybridized carbons (Fsp3) is 0.333. The number of halogens is 1. The van der Waals surface area contributed by atoms with E-state index in [4.69, 9.17) is 4.74 Å². The third kappa shape index (κ3) is 3.23. The van der Waals surface area contributed by atoms with Crippen molar-refractivity contribution in [2.45, 2.75) is 25.7 Å². The van der Waals surface area contributed by atoms with Crippen molar-refractivity contribution >= 4 is 17.9 Å². The predicted octanol–water partition coefficient (Wildman–Crippen LogP) is 2.35. The second-order valence-electron chi connectivity index (χ2n) is 4.54. The molecule has 1 aliphatic rings. The van der Waals surface area contributed by atoms with Crippen molar-refractivity contribution in [2.24, 2.45) is 0 Å². The molecule has 1 atom stereocenters. The molecular weight excluding hydrogens is 261 g/mol. The molecule has 0 saturated carbocycles. The summed E-state index contributed by atoms with van der Waals surface area (Å²) in [4.78, 5) is 22.8. The lowest BCUT2D eigenvalue weighted by atomic mass is 9.90. The summed E-state index contributed by atoms with van der Waals surface area (Å²) in [6.45, 7) is 2.36. The van der Waals surface area contributed by atoms with Crippen molar-refractivity contribution in [1.82, 2.24) is 5.32 Å². The number of benzene rings is 1. The summed E-state index contributed by atoms with van der Waals surface area (Å²) in [6, 6.07) is 4.64. The van der Waals surface area contributed by atoms with Gasteiger partial charge >= 0.3 is 0 Å². The van der Waals surface area contributed by atoms with E-state index in [1.165, 1.54) is 18.4 Å². The molecular formula is C15H16FNO3. The van der Waals surface area contributed by atoms with Crippen LogP contribution in [0.3, 0.4) is 0 Å². The lowest BCUT2D eigenvalue weighted by Gasteiger charge is -2.21. The van der Waals surface area contributed by atoms with Gasteiger partial charge in [-0.05, 0) is 31.1 Å². The molecule has 106 valence electrons. The quantitative estimate of drug-likeness (QED) is 0.679. The fourth-order valence-corrected chi connectivity index (χ4v) is 2.12. The molecule has 1 aromatic rings. The maximum Gasteiger partial charge on any atom is 0.234 e. The molecule has 0 aromatic heterocycles. The van der Waals surface area contributed by atoms with E-state index < -0.39 is 11.7 Å². The van der Waals surface area contributed by atoms with E-state index in [0.29, 0.717) is 24.2 Å². The van der Waals surface area contributed by atoms with Gasteiger partial charge in [-0.25, -0.2) is 4.39 Å². The molecule has 1 fully saturated rings. The first-order valence-electron chi connectivity index (χ1n) is 6.53. The molecule has 1 aromatic carbocycles. The van der Waals surface area contributed by atoms with Crippen LogP contribution in [0.15, 0.2) is 24.5 Å². The maximum absolute atomic E-state index is 13.9. The van der Waals surface area contributed by atoms with Gasteiger partial charge in [-0.15, -0.1) is 0 Å². The van der Waals surface area contributed by atoms with E-state index in [-0.39, 0.29) is 18.2 Å². The molecule has 1 N–H and O–H groups in total. The van der Waals surface area contributed by atoms with Gasteiger partial charge < -0.3 is 4.74 Å². The fourth-order valence-electron chi connectivity index (χ4n) is 2.12. The molecule has 1 saturated heterocycles. The van der Waals surface area contributed by atoms with Crippen LogP contribution in [0.25, 0.3) is 6.08 Å². The Labute approximate surface area is 116 Å². The Kier molecular flexibility index (Phi) is 4.50. The average molecular weight is 277 g/mol. The summed E-state index contributed by atoms with van der Waals surface area (Å²) < 4.78 is 18.9. The van der Waals surface area contributed by atoms with Crippen LogP contribution in [-0.4, -0.2) is 18.4 Å². The largest absolute Gasteiger partial charge is 0.501 e. The highest BCUT2D eigenvalue weighted by molar-refractivity contribution is 6.00. The summed E-state index contributed by atoms with van der Waals surface area (Å²) >= 11 is 0. The van der Waals surface area contributed by atoms with Crippen molar-refractivity contribution in [3.8, 4) is 0 Å². The SMILES string of the molecule is CCO/C=C/c1ccc(C2CCC(=O)NC2=O)cc1F. The van der Waals surface area contributed by atoms with E-state index >= 15 is 0 Å². The topological polar surface area (TPSA) is 55.4 Å². The highest BCUT2D eigenvalue weighted by atomic mass is 19.1. The number of carbonyl (C=O) groups is 2. The van der Waals surface area contributed by atoms with Gasteiger partial charge in [0.25, 0.3) is 0 Å². The van der Waals surface area contributed by atoms with Crippen molar-refractivity contribution in [3.63, 3.8) is 0 Å². The Morgan fingerprint density at radius 2 is 2.25 bits per heavy atom. The van der Waals surface area contributed by atoms with Gasteiger partial charge in [-0.3, -0.25) is 14.9 Å². The number of rotatable bonds is 4. The molecule has 20 heavy (non-hydrogen) atoms. The molecule has 1 heterocycles. The molecule has 1 aliphatic heterocycles. The Morgan fingerprint density at radius 1 is 1.45 bits per heavy atom. The predicted molar refractivity (Wildman–Crippen MR) is 72.2 cm³/mol. The molecule has 2 amide bonds. The molecule has 4 nitrogen and oxygen atoms in total. The number of imide groups is 1. The average Bonchev–Trinajstić information content (AvgIpc) is 2.41. The van der Waals surface area contributed by atoms with Gasteiger partial charge in [0.15, 0.2) is 0 Å². The van der Waals surface area contributed by atoms with Crippen LogP contribution in [0.1, 0.15) is 36.8 Å². The van der Waals surface area contributed by atoms with Gasteiger partial charge in [-0.1, -0.05) is 12.1 Å². The van der Waals surface area contributed by atoms with Crippen LogP contribution >= 0.6 is 0 Å². The van der Waals surface area contributed by atoms with Gasteiger partial charge in [0.1, 0.15) is 5.82 Å². The third-order valence-corrected chi connectivity index (χ3v) is 3.18. The Balaban J connectivity index is 2.16. The highest BCUT2D eigenvalue weighted by Gasteiger charge is 2.28. The number of carbonyl (C=O) groups excluding carboxylic acids is 2. The summed E-state index contributed by atoms with van der Waals surface area (Å²) in [5, 5.41) is 2.27. The summed E-state index contributed by atoms with van der Waals surface area (Å²) in [6.07, 6.45) is 3.67. The lowest BCUT2D eigenvalue weighted by Crippen LogP contribution is -2.39. The summed E-state index contributed by atoms with van der Waals surface area (Å²) in [5.74, 6) is -1.52. The molecule has 0 bridgehead atoms. The zero-order chi connectivity index (χ0) is 14.5. The zero-order valence-electron chi connectivity index (χ0n) is 11.2. The number of amides is 2. The van der Waals surface area contributed by atoms with Crippen molar-refractivity contribution < 1.29 is 18.7 Å². The molecule has 0 aliphatic carbocycles. The molecule has 2 rings (SSSR count). The Morgan fingerprint density at radius 3 is 2.90 bits per heavy atom. The number of piperidine rings is 1. The summed E-state index contributed by atoms with van der Waals surface area (Å²) in [5.41, 5.74) is 0.982. The minimum atomic E-state index is -0.466. The second-order valence-corrected chi connectivity index (χ2v) is 4.54. The van der Waals surface area contributed by atoms with Crippen molar-refractivity contribution in [3.05, 3.63) is 41.4 Å².